The molecule has 0 saturated heterocycles. The summed E-state index contributed by atoms with van der Waals surface area (Å²) in [6, 6.07) is 25.9. The Morgan fingerprint density at radius 3 is 2.16 bits per heavy atom. The molecule has 0 heterocycles. The van der Waals surface area contributed by atoms with Crippen LogP contribution in [0.1, 0.15) is 18.1 Å². The molecule has 3 heteroatoms. The number of rotatable bonds is 7. The van der Waals surface area contributed by atoms with Crippen molar-refractivity contribution in [3.05, 3.63) is 90.0 Å². The predicted molar refractivity (Wildman–Crippen MR) is 101 cm³/mol. The van der Waals surface area contributed by atoms with Crippen LogP contribution in [0.15, 0.2) is 78.9 Å². The van der Waals surface area contributed by atoms with Crippen molar-refractivity contribution in [3.63, 3.8) is 0 Å². The molecule has 0 spiro atoms. The molecule has 1 atom stereocenters. The Bertz CT molecular complexity index is 783. The minimum atomic E-state index is 0.0958. The Labute approximate surface area is 149 Å². The maximum Gasteiger partial charge on any atom is 0.130 e. The molecule has 0 aliphatic carbocycles. The van der Waals surface area contributed by atoms with Crippen LogP contribution in [0.25, 0.3) is 0 Å². The molecule has 3 aromatic rings. The molecule has 0 aromatic heterocycles. The van der Waals surface area contributed by atoms with E-state index in [0.717, 1.165) is 34.8 Å². The van der Waals surface area contributed by atoms with Crippen LogP contribution in [-0.2, 0) is 13.0 Å². The van der Waals surface area contributed by atoms with Gasteiger partial charge in [-0.25, -0.2) is 0 Å². The minimum absolute atomic E-state index is 0.0958. The zero-order valence-electron chi connectivity index (χ0n) is 14.4. The third-order valence-electron chi connectivity index (χ3n) is 3.81. The Kier molecular flexibility index (Phi) is 5.70. The fraction of sp³-hybridized carbons (Fsp3) is 0.182. The highest BCUT2D eigenvalue weighted by Crippen LogP contribution is 2.27. The van der Waals surface area contributed by atoms with E-state index in [2.05, 4.69) is 6.07 Å². The predicted octanol–water partition coefficient (Wildman–Crippen LogP) is 4.95. The van der Waals surface area contributed by atoms with Gasteiger partial charge in [0, 0.05) is 6.04 Å². The second-order valence-corrected chi connectivity index (χ2v) is 6.14. The average molecular weight is 333 g/mol. The van der Waals surface area contributed by atoms with E-state index in [1.807, 2.05) is 79.7 Å². The quantitative estimate of drug-likeness (QED) is 0.665. The lowest BCUT2D eigenvalue weighted by Crippen LogP contribution is -2.18. The van der Waals surface area contributed by atoms with Gasteiger partial charge in [0.15, 0.2) is 0 Å². The Hall–Kier alpha value is -2.78. The normalized spacial score (nSPS) is 11.8. The van der Waals surface area contributed by atoms with Gasteiger partial charge in [0.05, 0.1) is 0 Å². The molecular formula is C22H23NO2. The lowest BCUT2D eigenvalue weighted by Gasteiger charge is -2.13. The van der Waals surface area contributed by atoms with Crippen molar-refractivity contribution in [2.45, 2.75) is 26.0 Å². The van der Waals surface area contributed by atoms with Gasteiger partial charge in [0.1, 0.15) is 23.9 Å². The SMILES string of the molecule is CC(N)Cc1ccccc1Oc1ccc(OCc2ccccc2)cc1. The molecule has 3 nitrogen and oxygen atoms in total. The topological polar surface area (TPSA) is 44.5 Å². The molecule has 1 unspecified atom stereocenters. The lowest BCUT2D eigenvalue weighted by molar-refractivity contribution is 0.306. The molecule has 0 fully saturated rings. The van der Waals surface area contributed by atoms with E-state index < -0.39 is 0 Å². The summed E-state index contributed by atoms with van der Waals surface area (Å²) in [5.74, 6) is 2.45. The Morgan fingerprint density at radius 2 is 1.44 bits per heavy atom. The Morgan fingerprint density at radius 1 is 0.800 bits per heavy atom. The summed E-state index contributed by atoms with van der Waals surface area (Å²) in [5, 5.41) is 0. The molecule has 0 radical (unpaired) electrons. The van der Waals surface area contributed by atoms with Crippen LogP contribution in [0.4, 0.5) is 0 Å². The van der Waals surface area contributed by atoms with Crippen LogP contribution < -0.4 is 15.2 Å². The van der Waals surface area contributed by atoms with Gasteiger partial charge in [-0.1, -0.05) is 48.5 Å². The summed E-state index contributed by atoms with van der Waals surface area (Å²) >= 11 is 0. The highest BCUT2D eigenvalue weighted by atomic mass is 16.5. The highest BCUT2D eigenvalue weighted by molar-refractivity contribution is 5.40. The van der Waals surface area contributed by atoms with Crippen LogP contribution in [0.3, 0.4) is 0 Å². The molecule has 128 valence electrons. The molecule has 25 heavy (non-hydrogen) atoms. The van der Waals surface area contributed by atoms with Crippen LogP contribution in [0.2, 0.25) is 0 Å². The highest BCUT2D eigenvalue weighted by Gasteiger charge is 2.07. The zero-order chi connectivity index (χ0) is 17.5. The summed E-state index contributed by atoms with van der Waals surface area (Å²) in [6.07, 6.45) is 0.786. The summed E-state index contributed by atoms with van der Waals surface area (Å²) in [7, 11) is 0. The summed E-state index contributed by atoms with van der Waals surface area (Å²) in [6.45, 7) is 2.55. The van der Waals surface area contributed by atoms with Crippen molar-refractivity contribution >= 4 is 0 Å². The monoisotopic (exact) mass is 333 g/mol. The molecular weight excluding hydrogens is 310 g/mol. The van der Waals surface area contributed by atoms with Crippen molar-refractivity contribution < 1.29 is 9.47 Å². The largest absolute Gasteiger partial charge is 0.489 e. The van der Waals surface area contributed by atoms with Crippen LogP contribution in [0.5, 0.6) is 17.2 Å². The van der Waals surface area contributed by atoms with E-state index in [9.17, 15) is 0 Å². The number of hydrogen-bond donors (Lipinski definition) is 1. The van der Waals surface area contributed by atoms with E-state index in [0.29, 0.717) is 6.61 Å². The molecule has 0 bridgehead atoms. The van der Waals surface area contributed by atoms with Crippen molar-refractivity contribution in [2.75, 3.05) is 0 Å². The maximum atomic E-state index is 6.02. The van der Waals surface area contributed by atoms with Crippen molar-refractivity contribution in [1.29, 1.82) is 0 Å². The third kappa shape index (κ3) is 5.10. The standard InChI is InChI=1S/C22H23NO2/c1-17(23)15-19-9-5-6-10-22(19)25-21-13-11-20(12-14-21)24-16-18-7-3-2-4-8-18/h2-14,17H,15-16,23H2,1H3. The van der Waals surface area contributed by atoms with Gasteiger partial charge in [-0.15, -0.1) is 0 Å². The van der Waals surface area contributed by atoms with Crippen LogP contribution in [0, 0.1) is 0 Å². The van der Waals surface area contributed by atoms with Gasteiger partial charge < -0.3 is 15.2 Å². The van der Waals surface area contributed by atoms with Gasteiger partial charge >= 0.3 is 0 Å². The van der Waals surface area contributed by atoms with Crippen LogP contribution in [-0.4, -0.2) is 6.04 Å². The van der Waals surface area contributed by atoms with E-state index in [4.69, 9.17) is 15.2 Å². The maximum absolute atomic E-state index is 6.02. The van der Waals surface area contributed by atoms with Crippen molar-refractivity contribution in [1.82, 2.24) is 0 Å². The fourth-order valence-corrected chi connectivity index (χ4v) is 2.59. The molecule has 3 rings (SSSR count). The minimum Gasteiger partial charge on any atom is -0.489 e. The molecule has 0 aliphatic heterocycles. The number of benzene rings is 3. The second-order valence-electron chi connectivity index (χ2n) is 6.14. The van der Waals surface area contributed by atoms with Gasteiger partial charge in [0.25, 0.3) is 0 Å². The summed E-state index contributed by atoms with van der Waals surface area (Å²) in [4.78, 5) is 0. The van der Waals surface area contributed by atoms with Crippen LogP contribution >= 0.6 is 0 Å². The first-order chi connectivity index (χ1) is 12.2. The first-order valence-corrected chi connectivity index (χ1v) is 8.49. The number of ether oxygens (including phenoxy) is 2. The number of hydrogen-bond acceptors (Lipinski definition) is 3. The molecule has 0 aliphatic rings. The number of nitrogens with two attached hydrogens (primary N) is 1. The smallest absolute Gasteiger partial charge is 0.130 e. The van der Waals surface area contributed by atoms with E-state index in [1.165, 1.54) is 0 Å². The summed E-state index contributed by atoms with van der Waals surface area (Å²) in [5.41, 5.74) is 8.17. The lowest BCUT2D eigenvalue weighted by atomic mass is 10.1. The van der Waals surface area contributed by atoms with Gasteiger partial charge in [0.2, 0.25) is 0 Å². The first kappa shape index (κ1) is 17.1. The van der Waals surface area contributed by atoms with Gasteiger partial charge in [-0.2, -0.15) is 0 Å². The number of para-hydroxylation sites is 1. The molecule has 2 N–H and O–H groups in total. The van der Waals surface area contributed by atoms with Gasteiger partial charge in [-0.05, 0) is 54.8 Å². The molecule has 0 amide bonds. The fourth-order valence-electron chi connectivity index (χ4n) is 2.59. The Balaban J connectivity index is 1.63. The van der Waals surface area contributed by atoms with E-state index in [1.54, 1.807) is 0 Å². The zero-order valence-corrected chi connectivity index (χ0v) is 14.4. The van der Waals surface area contributed by atoms with Crippen molar-refractivity contribution in [3.8, 4) is 17.2 Å². The van der Waals surface area contributed by atoms with Gasteiger partial charge in [-0.3, -0.25) is 0 Å². The molecule has 3 aromatic carbocycles. The second kappa shape index (κ2) is 8.36. The van der Waals surface area contributed by atoms with E-state index in [-0.39, 0.29) is 6.04 Å². The summed E-state index contributed by atoms with van der Waals surface area (Å²) < 4.78 is 11.8. The first-order valence-electron chi connectivity index (χ1n) is 8.49. The molecule has 0 saturated carbocycles. The average Bonchev–Trinajstić information content (AvgIpc) is 2.63. The van der Waals surface area contributed by atoms with Crippen molar-refractivity contribution in [2.24, 2.45) is 5.73 Å². The van der Waals surface area contributed by atoms with E-state index >= 15 is 0 Å². The third-order valence-corrected chi connectivity index (χ3v) is 3.81.